The summed E-state index contributed by atoms with van der Waals surface area (Å²) in [4.78, 5) is 15.3. The number of nitrogens with two attached hydrogens (primary N) is 1. The number of carbonyl (C=O) groups excluding carboxylic acids is 1. The molecule has 0 atom stereocenters. The molecule has 1 aromatic rings. The molecule has 14 heavy (non-hydrogen) atoms. The average Bonchev–Trinajstić information content (AvgIpc) is 2.66. The van der Waals surface area contributed by atoms with E-state index in [2.05, 4.69) is 20.5 Å². The molecular formula is C8H15N5O. The van der Waals surface area contributed by atoms with Crippen LogP contribution in [0.15, 0.2) is 0 Å². The SMILES string of the molecule is CCc1nc(C(=O)NCCCN)n[nH]1. The minimum atomic E-state index is -0.255. The van der Waals surface area contributed by atoms with Crippen molar-refractivity contribution >= 4 is 5.91 Å². The van der Waals surface area contributed by atoms with Crippen LogP contribution in [0.4, 0.5) is 0 Å². The van der Waals surface area contributed by atoms with Gasteiger partial charge in [-0.2, -0.15) is 0 Å². The van der Waals surface area contributed by atoms with Gasteiger partial charge >= 0.3 is 0 Å². The highest BCUT2D eigenvalue weighted by molar-refractivity contribution is 5.90. The average molecular weight is 197 g/mol. The molecular weight excluding hydrogens is 182 g/mol. The molecule has 0 aromatic carbocycles. The molecule has 0 saturated heterocycles. The summed E-state index contributed by atoms with van der Waals surface area (Å²) in [6.07, 6.45) is 1.50. The van der Waals surface area contributed by atoms with Gasteiger partial charge in [0.2, 0.25) is 5.82 Å². The lowest BCUT2D eigenvalue weighted by Crippen LogP contribution is -2.26. The first kappa shape index (κ1) is 10.6. The molecule has 0 radical (unpaired) electrons. The van der Waals surface area contributed by atoms with Gasteiger partial charge in [-0.3, -0.25) is 9.89 Å². The Hall–Kier alpha value is -1.43. The van der Waals surface area contributed by atoms with Gasteiger partial charge in [0.25, 0.3) is 5.91 Å². The van der Waals surface area contributed by atoms with E-state index < -0.39 is 0 Å². The number of nitrogens with one attached hydrogen (secondary N) is 2. The number of nitrogens with zero attached hydrogens (tertiary/aromatic N) is 2. The van der Waals surface area contributed by atoms with Crippen molar-refractivity contribution in [1.82, 2.24) is 20.5 Å². The highest BCUT2D eigenvalue weighted by atomic mass is 16.2. The highest BCUT2D eigenvalue weighted by Gasteiger charge is 2.10. The van der Waals surface area contributed by atoms with Crippen molar-refractivity contribution in [3.8, 4) is 0 Å². The second-order valence-electron chi connectivity index (χ2n) is 2.86. The molecule has 0 unspecified atom stereocenters. The third-order valence-electron chi connectivity index (χ3n) is 1.74. The van der Waals surface area contributed by atoms with Crippen LogP contribution >= 0.6 is 0 Å². The summed E-state index contributed by atoms with van der Waals surface area (Å²) in [5, 5.41) is 9.14. The first-order valence-corrected chi connectivity index (χ1v) is 4.67. The van der Waals surface area contributed by atoms with E-state index in [1.807, 2.05) is 6.92 Å². The van der Waals surface area contributed by atoms with Crippen LogP contribution in [-0.2, 0) is 6.42 Å². The third kappa shape index (κ3) is 2.81. The number of H-pyrrole nitrogens is 1. The summed E-state index contributed by atoms with van der Waals surface area (Å²) in [5.74, 6) is 0.655. The topological polar surface area (TPSA) is 96.7 Å². The van der Waals surface area contributed by atoms with Crippen molar-refractivity contribution in [3.05, 3.63) is 11.6 Å². The molecule has 1 heterocycles. The van der Waals surface area contributed by atoms with Gasteiger partial charge in [0, 0.05) is 13.0 Å². The first-order chi connectivity index (χ1) is 6.77. The normalized spacial score (nSPS) is 10.1. The molecule has 0 aliphatic rings. The van der Waals surface area contributed by atoms with E-state index in [9.17, 15) is 4.79 Å². The minimum Gasteiger partial charge on any atom is -0.349 e. The van der Waals surface area contributed by atoms with E-state index in [0.29, 0.717) is 18.9 Å². The Morgan fingerprint density at radius 3 is 3.00 bits per heavy atom. The summed E-state index contributed by atoms with van der Waals surface area (Å²) in [5.41, 5.74) is 5.29. The van der Waals surface area contributed by atoms with Crippen LogP contribution in [0.25, 0.3) is 0 Å². The lowest BCUT2D eigenvalue weighted by atomic mass is 10.4. The molecule has 0 saturated carbocycles. The monoisotopic (exact) mass is 197 g/mol. The number of rotatable bonds is 5. The van der Waals surface area contributed by atoms with Crippen LogP contribution in [0, 0.1) is 0 Å². The summed E-state index contributed by atoms with van der Waals surface area (Å²) >= 11 is 0. The Labute approximate surface area is 82.3 Å². The van der Waals surface area contributed by atoms with E-state index in [1.54, 1.807) is 0 Å². The zero-order valence-corrected chi connectivity index (χ0v) is 8.21. The summed E-state index contributed by atoms with van der Waals surface area (Å²) in [7, 11) is 0. The van der Waals surface area contributed by atoms with Crippen molar-refractivity contribution in [1.29, 1.82) is 0 Å². The lowest BCUT2D eigenvalue weighted by molar-refractivity contribution is 0.0943. The Bertz CT molecular complexity index is 296. The smallest absolute Gasteiger partial charge is 0.290 e. The van der Waals surface area contributed by atoms with Crippen molar-refractivity contribution in [2.45, 2.75) is 19.8 Å². The predicted molar refractivity (Wildman–Crippen MR) is 51.8 cm³/mol. The second kappa shape index (κ2) is 5.33. The van der Waals surface area contributed by atoms with E-state index in [4.69, 9.17) is 5.73 Å². The van der Waals surface area contributed by atoms with Gasteiger partial charge in [0.15, 0.2) is 0 Å². The number of hydrogen-bond acceptors (Lipinski definition) is 4. The maximum Gasteiger partial charge on any atom is 0.290 e. The highest BCUT2D eigenvalue weighted by Crippen LogP contribution is 1.92. The van der Waals surface area contributed by atoms with Crippen LogP contribution in [0.5, 0.6) is 0 Å². The Kier molecular flexibility index (Phi) is 4.06. The summed E-state index contributed by atoms with van der Waals surface area (Å²) in [6, 6.07) is 0. The van der Waals surface area contributed by atoms with Gasteiger partial charge < -0.3 is 11.1 Å². The lowest BCUT2D eigenvalue weighted by Gasteiger charge is -1.99. The second-order valence-corrected chi connectivity index (χ2v) is 2.86. The molecule has 0 aliphatic heterocycles. The van der Waals surface area contributed by atoms with Gasteiger partial charge in [0.05, 0.1) is 0 Å². The molecule has 6 heteroatoms. The van der Waals surface area contributed by atoms with Crippen LogP contribution < -0.4 is 11.1 Å². The number of aromatic amines is 1. The fourth-order valence-corrected chi connectivity index (χ4v) is 0.938. The van der Waals surface area contributed by atoms with Gasteiger partial charge in [-0.15, -0.1) is 5.10 Å². The Morgan fingerprint density at radius 2 is 2.43 bits per heavy atom. The first-order valence-electron chi connectivity index (χ1n) is 4.67. The van der Waals surface area contributed by atoms with Crippen molar-refractivity contribution < 1.29 is 4.79 Å². The third-order valence-corrected chi connectivity index (χ3v) is 1.74. The van der Waals surface area contributed by atoms with Crippen LogP contribution in [0.1, 0.15) is 29.8 Å². The largest absolute Gasteiger partial charge is 0.349 e. The molecule has 1 amide bonds. The van der Waals surface area contributed by atoms with Crippen molar-refractivity contribution in [2.24, 2.45) is 5.73 Å². The maximum absolute atomic E-state index is 11.4. The van der Waals surface area contributed by atoms with E-state index >= 15 is 0 Å². The standard InChI is InChI=1S/C8H15N5O/c1-2-6-11-7(13-12-6)8(14)10-5-3-4-9/h2-5,9H2,1H3,(H,10,14)(H,11,12,13). The molecule has 0 aliphatic carbocycles. The number of carbonyl (C=O) groups is 1. The number of amides is 1. The quantitative estimate of drug-likeness (QED) is 0.551. The van der Waals surface area contributed by atoms with E-state index in [-0.39, 0.29) is 11.7 Å². The maximum atomic E-state index is 11.4. The molecule has 6 nitrogen and oxygen atoms in total. The van der Waals surface area contributed by atoms with Crippen LogP contribution in [0.3, 0.4) is 0 Å². The molecule has 78 valence electrons. The fraction of sp³-hybridized carbons (Fsp3) is 0.625. The van der Waals surface area contributed by atoms with Gasteiger partial charge in [-0.25, -0.2) is 4.98 Å². The van der Waals surface area contributed by atoms with Gasteiger partial charge in [-0.05, 0) is 13.0 Å². The Balaban J connectivity index is 2.44. The zero-order chi connectivity index (χ0) is 10.4. The Morgan fingerprint density at radius 1 is 1.64 bits per heavy atom. The summed E-state index contributed by atoms with van der Waals surface area (Å²) < 4.78 is 0. The zero-order valence-electron chi connectivity index (χ0n) is 8.21. The molecule has 4 N–H and O–H groups in total. The minimum absolute atomic E-state index is 0.193. The number of hydrogen-bond donors (Lipinski definition) is 3. The van der Waals surface area contributed by atoms with Gasteiger partial charge in [-0.1, -0.05) is 6.92 Å². The van der Waals surface area contributed by atoms with E-state index in [0.717, 1.165) is 12.8 Å². The molecule has 0 bridgehead atoms. The molecule has 0 fully saturated rings. The number of aromatic nitrogens is 3. The summed E-state index contributed by atoms with van der Waals surface area (Å²) in [6.45, 7) is 3.07. The fourth-order valence-electron chi connectivity index (χ4n) is 0.938. The molecule has 1 aromatic heterocycles. The van der Waals surface area contributed by atoms with Gasteiger partial charge in [0.1, 0.15) is 5.82 Å². The van der Waals surface area contributed by atoms with Crippen molar-refractivity contribution in [2.75, 3.05) is 13.1 Å². The predicted octanol–water partition coefficient (Wildman–Crippen LogP) is -0.554. The van der Waals surface area contributed by atoms with Crippen molar-refractivity contribution in [3.63, 3.8) is 0 Å². The molecule has 1 rings (SSSR count). The number of aryl methyl sites for hydroxylation is 1. The van der Waals surface area contributed by atoms with E-state index in [1.165, 1.54) is 0 Å². The van der Waals surface area contributed by atoms with Crippen LogP contribution in [0.2, 0.25) is 0 Å². The van der Waals surface area contributed by atoms with Crippen LogP contribution in [-0.4, -0.2) is 34.2 Å². The molecule has 0 spiro atoms.